The van der Waals surface area contributed by atoms with E-state index < -0.39 is 9.84 Å². The molecule has 16 heavy (non-hydrogen) atoms. The lowest BCUT2D eigenvalue weighted by Crippen LogP contribution is -2.41. The standard InChI is InChI=1S/C12H17NO2S/c1-9-2-4-10(5-3-9)11-6-7-16(14,15)8-12(11)13/h2-5,11-12H,6-8,13H2,1H3. The van der Waals surface area contributed by atoms with Gasteiger partial charge in [-0.15, -0.1) is 0 Å². The lowest BCUT2D eigenvalue weighted by atomic mass is 9.90. The quantitative estimate of drug-likeness (QED) is 0.801. The van der Waals surface area contributed by atoms with Crippen molar-refractivity contribution >= 4 is 9.84 Å². The average molecular weight is 239 g/mol. The predicted octanol–water partition coefficient (Wildman–Crippen LogP) is 1.22. The Morgan fingerprint density at radius 1 is 1.25 bits per heavy atom. The SMILES string of the molecule is Cc1ccc(C2CCS(=O)(=O)CC2N)cc1. The summed E-state index contributed by atoms with van der Waals surface area (Å²) in [6, 6.07) is 7.94. The lowest BCUT2D eigenvalue weighted by Gasteiger charge is -2.28. The van der Waals surface area contributed by atoms with Crippen molar-refractivity contribution in [2.24, 2.45) is 5.73 Å². The highest BCUT2D eigenvalue weighted by molar-refractivity contribution is 7.91. The first-order valence-electron chi connectivity index (χ1n) is 5.50. The molecule has 1 aliphatic heterocycles. The maximum atomic E-state index is 11.4. The maximum Gasteiger partial charge on any atom is 0.151 e. The van der Waals surface area contributed by atoms with Crippen molar-refractivity contribution in [3.05, 3.63) is 35.4 Å². The van der Waals surface area contributed by atoms with E-state index in [4.69, 9.17) is 5.73 Å². The van der Waals surface area contributed by atoms with Crippen LogP contribution in [0.15, 0.2) is 24.3 Å². The third-order valence-electron chi connectivity index (χ3n) is 3.21. The van der Waals surface area contributed by atoms with Gasteiger partial charge in [0.05, 0.1) is 11.5 Å². The van der Waals surface area contributed by atoms with Crippen LogP contribution < -0.4 is 5.73 Å². The van der Waals surface area contributed by atoms with Gasteiger partial charge in [-0.3, -0.25) is 0 Å². The van der Waals surface area contributed by atoms with Crippen LogP contribution in [0, 0.1) is 6.92 Å². The van der Waals surface area contributed by atoms with Gasteiger partial charge in [-0.1, -0.05) is 29.8 Å². The largest absolute Gasteiger partial charge is 0.326 e. The van der Waals surface area contributed by atoms with Gasteiger partial charge in [0.15, 0.2) is 9.84 Å². The number of nitrogens with two attached hydrogens (primary N) is 1. The van der Waals surface area contributed by atoms with E-state index in [1.54, 1.807) is 0 Å². The molecular weight excluding hydrogens is 222 g/mol. The van der Waals surface area contributed by atoms with E-state index >= 15 is 0 Å². The highest BCUT2D eigenvalue weighted by atomic mass is 32.2. The van der Waals surface area contributed by atoms with E-state index in [2.05, 4.69) is 12.1 Å². The lowest BCUT2D eigenvalue weighted by molar-refractivity contribution is 0.505. The Balaban J connectivity index is 2.20. The molecule has 0 amide bonds. The molecule has 1 saturated heterocycles. The summed E-state index contributed by atoms with van der Waals surface area (Å²) in [5, 5.41) is 0. The summed E-state index contributed by atoms with van der Waals surface area (Å²) >= 11 is 0. The second-order valence-corrected chi connectivity index (χ2v) is 6.81. The van der Waals surface area contributed by atoms with Gasteiger partial charge < -0.3 is 5.73 Å². The van der Waals surface area contributed by atoms with Gasteiger partial charge >= 0.3 is 0 Å². The Kier molecular flexibility index (Phi) is 3.04. The fraction of sp³-hybridized carbons (Fsp3) is 0.500. The molecule has 4 heteroatoms. The Morgan fingerprint density at radius 3 is 2.44 bits per heavy atom. The van der Waals surface area contributed by atoms with Crippen molar-refractivity contribution in [3.8, 4) is 0 Å². The predicted molar refractivity (Wildman–Crippen MR) is 65.2 cm³/mol. The molecule has 2 rings (SSSR count). The van der Waals surface area contributed by atoms with Crippen molar-refractivity contribution in [1.82, 2.24) is 0 Å². The smallest absolute Gasteiger partial charge is 0.151 e. The number of aryl methyl sites for hydroxylation is 1. The second-order valence-electron chi connectivity index (χ2n) is 4.58. The summed E-state index contributed by atoms with van der Waals surface area (Å²) in [7, 11) is -2.91. The molecule has 2 unspecified atom stereocenters. The Hall–Kier alpha value is -0.870. The Bertz CT molecular complexity index is 464. The summed E-state index contributed by atoms with van der Waals surface area (Å²) in [5.41, 5.74) is 8.31. The van der Waals surface area contributed by atoms with Gasteiger partial charge in [0.1, 0.15) is 0 Å². The van der Waals surface area contributed by atoms with E-state index in [1.807, 2.05) is 19.1 Å². The molecule has 1 heterocycles. The summed E-state index contributed by atoms with van der Waals surface area (Å²) < 4.78 is 22.8. The van der Waals surface area contributed by atoms with Crippen molar-refractivity contribution in [3.63, 3.8) is 0 Å². The van der Waals surface area contributed by atoms with Crippen LogP contribution in [0.25, 0.3) is 0 Å². The zero-order valence-electron chi connectivity index (χ0n) is 9.39. The van der Waals surface area contributed by atoms with E-state index in [9.17, 15) is 8.42 Å². The van der Waals surface area contributed by atoms with E-state index in [0.717, 1.165) is 5.56 Å². The minimum Gasteiger partial charge on any atom is -0.326 e. The molecule has 2 atom stereocenters. The van der Waals surface area contributed by atoms with Crippen LogP contribution in [-0.2, 0) is 9.84 Å². The van der Waals surface area contributed by atoms with Crippen LogP contribution in [0.2, 0.25) is 0 Å². The number of rotatable bonds is 1. The molecule has 0 spiro atoms. The summed E-state index contributed by atoms with van der Waals surface area (Å²) in [6.45, 7) is 2.04. The van der Waals surface area contributed by atoms with Gasteiger partial charge in [-0.25, -0.2) is 8.42 Å². The molecule has 1 aliphatic rings. The highest BCUT2D eigenvalue weighted by Gasteiger charge is 2.31. The van der Waals surface area contributed by atoms with E-state index in [1.165, 1.54) is 5.56 Å². The topological polar surface area (TPSA) is 60.2 Å². The van der Waals surface area contributed by atoms with Gasteiger partial charge in [0.25, 0.3) is 0 Å². The first kappa shape index (κ1) is 11.6. The number of hydrogen-bond acceptors (Lipinski definition) is 3. The monoisotopic (exact) mass is 239 g/mol. The van der Waals surface area contributed by atoms with Crippen LogP contribution >= 0.6 is 0 Å². The molecule has 0 radical (unpaired) electrons. The molecule has 3 nitrogen and oxygen atoms in total. The molecule has 0 aromatic heterocycles. The zero-order valence-corrected chi connectivity index (χ0v) is 10.2. The third kappa shape index (κ3) is 2.44. The Morgan fingerprint density at radius 2 is 1.88 bits per heavy atom. The molecule has 88 valence electrons. The van der Waals surface area contributed by atoms with E-state index in [-0.39, 0.29) is 23.5 Å². The summed E-state index contributed by atoms with van der Waals surface area (Å²) in [6.07, 6.45) is 0.645. The Labute approximate surface area is 96.6 Å². The third-order valence-corrected chi connectivity index (χ3v) is 4.96. The molecule has 1 aromatic rings. The molecule has 1 fully saturated rings. The van der Waals surface area contributed by atoms with Crippen LogP contribution in [-0.4, -0.2) is 26.0 Å². The number of hydrogen-bond donors (Lipinski definition) is 1. The fourth-order valence-corrected chi connectivity index (χ4v) is 3.84. The molecular formula is C12H17NO2S. The number of sulfone groups is 1. The summed E-state index contributed by atoms with van der Waals surface area (Å²) in [4.78, 5) is 0. The zero-order chi connectivity index (χ0) is 11.8. The highest BCUT2D eigenvalue weighted by Crippen LogP contribution is 2.28. The normalized spacial score (nSPS) is 28.9. The van der Waals surface area contributed by atoms with Crippen LogP contribution in [0.5, 0.6) is 0 Å². The molecule has 2 N–H and O–H groups in total. The minimum atomic E-state index is -2.91. The van der Waals surface area contributed by atoms with Crippen molar-refractivity contribution in [2.75, 3.05) is 11.5 Å². The van der Waals surface area contributed by atoms with Crippen LogP contribution in [0.1, 0.15) is 23.5 Å². The fourth-order valence-electron chi connectivity index (χ4n) is 2.24. The minimum absolute atomic E-state index is 0.117. The maximum absolute atomic E-state index is 11.4. The molecule has 0 aliphatic carbocycles. The second kappa shape index (κ2) is 4.18. The van der Waals surface area contributed by atoms with Crippen molar-refractivity contribution < 1.29 is 8.42 Å². The molecule has 0 bridgehead atoms. The van der Waals surface area contributed by atoms with Gasteiger partial charge in [-0.2, -0.15) is 0 Å². The average Bonchev–Trinajstić information content (AvgIpc) is 2.19. The van der Waals surface area contributed by atoms with Crippen molar-refractivity contribution in [1.29, 1.82) is 0 Å². The van der Waals surface area contributed by atoms with Gasteiger partial charge in [0, 0.05) is 12.0 Å². The van der Waals surface area contributed by atoms with Gasteiger partial charge in [0.2, 0.25) is 0 Å². The number of benzene rings is 1. The van der Waals surface area contributed by atoms with E-state index in [0.29, 0.717) is 6.42 Å². The van der Waals surface area contributed by atoms with Crippen LogP contribution in [0.3, 0.4) is 0 Å². The van der Waals surface area contributed by atoms with Gasteiger partial charge in [-0.05, 0) is 18.9 Å². The molecule has 0 saturated carbocycles. The first-order valence-corrected chi connectivity index (χ1v) is 7.33. The van der Waals surface area contributed by atoms with Crippen LogP contribution in [0.4, 0.5) is 0 Å². The summed E-state index contributed by atoms with van der Waals surface area (Å²) in [5.74, 6) is 0.564. The first-order chi connectivity index (χ1) is 7.48. The molecule has 1 aromatic carbocycles. The van der Waals surface area contributed by atoms with Crippen molar-refractivity contribution in [2.45, 2.75) is 25.3 Å².